The number of fused-ring (bicyclic) bond motifs is 1. The van der Waals surface area contributed by atoms with Gasteiger partial charge in [0.05, 0.1) is 5.39 Å². The van der Waals surface area contributed by atoms with Crippen molar-refractivity contribution < 1.29 is 18.7 Å². The lowest BCUT2D eigenvalue weighted by molar-refractivity contribution is 0.0702. The highest BCUT2D eigenvalue weighted by Gasteiger charge is 2.14. The summed E-state index contributed by atoms with van der Waals surface area (Å²) in [6.07, 6.45) is 0. The third-order valence-corrected chi connectivity index (χ3v) is 3.31. The Labute approximate surface area is 131 Å². The lowest BCUT2D eigenvalue weighted by Gasteiger charge is -2.05. The number of esters is 1. The largest absolute Gasteiger partial charge is 0.449 e. The van der Waals surface area contributed by atoms with Gasteiger partial charge in [0.15, 0.2) is 11.2 Å². The molecule has 0 fully saturated rings. The maximum Gasteiger partial charge on any atom is 0.379 e. The Morgan fingerprint density at radius 3 is 2.39 bits per heavy atom. The molecule has 2 aromatic carbocycles. The van der Waals surface area contributed by atoms with Crippen LogP contribution in [0.5, 0.6) is 5.75 Å². The summed E-state index contributed by atoms with van der Waals surface area (Å²) in [5.74, 6) is -0.771. The van der Waals surface area contributed by atoms with Crippen molar-refractivity contribution in [2.45, 2.75) is 6.92 Å². The lowest BCUT2D eigenvalue weighted by atomic mass is 10.1. The second-order valence-corrected chi connectivity index (χ2v) is 4.94. The summed E-state index contributed by atoms with van der Waals surface area (Å²) in [4.78, 5) is 35.3. The predicted molar refractivity (Wildman–Crippen MR) is 83.9 cm³/mol. The quantitative estimate of drug-likeness (QED) is 0.422. The van der Waals surface area contributed by atoms with Crippen molar-refractivity contribution in [2.24, 2.45) is 0 Å². The van der Waals surface area contributed by atoms with Crippen LogP contribution in [0.1, 0.15) is 27.8 Å². The lowest BCUT2D eigenvalue weighted by Crippen LogP contribution is -2.12. The summed E-state index contributed by atoms with van der Waals surface area (Å²) in [5, 5.41) is 0.398. The molecule has 1 heterocycles. The van der Waals surface area contributed by atoms with E-state index < -0.39 is 5.97 Å². The summed E-state index contributed by atoms with van der Waals surface area (Å²) in [6, 6.07) is 13.9. The molecule has 0 radical (unpaired) electrons. The summed E-state index contributed by atoms with van der Waals surface area (Å²) in [6.45, 7) is 1.45. The smallest absolute Gasteiger partial charge is 0.379 e. The number of carbonyl (C=O) groups is 2. The Balaban J connectivity index is 1.88. The minimum Gasteiger partial charge on any atom is -0.449 e. The van der Waals surface area contributed by atoms with Crippen LogP contribution in [0.15, 0.2) is 63.8 Å². The van der Waals surface area contributed by atoms with Gasteiger partial charge < -0.3 is 9.15 Å². The van der Waals surface area contributed by atoms with Crippen LogP contribution in [0.25, 0.3) is 11.0 Å². The first kappa shape index (κ1) is 14.7. The van der Waals surface area contributed by atoms with Crippen molar-refractivity contribution in [3.8, 4) is 5.75 Å². The number of ketones is 1. The van der Waals surface area contributed by atoms with Crippen LogP contribution in [0, 0.1) is 0 Å². The van der Waals surface area contributed by atoms with Crippen LogP contribution in [0.3, 0.4) is 0 Å². The van der Waals surface area contributed by atoms with Crippen LogP contribution < -0.4 is 10.2 Å². The van der Waals surface area contributed by atoms with Crippen molar-refractivity contribution in [2.75, 3.05) is 0 Å². The standard InChI is InChI=1S/C18H12O5/c1-11(19)12-6-8-13(9-7-12)22-18(21)17-10-15(20)14-4-2-3-5-16(14)23-17/h2-10H,1H3. The molecular weight excluding hydrogens is 296 g/mol. The Morgan fingerprint density at radius 2 is 1.70 bits per heavy atom. The number of hydrogen-bond acceptors (Lipinski definition) is 5. The maximum atomic E-state index is 12.1. The SMILES string of the molecule is CC(=O)c1ccc(OC(=O)c2cc(=O)c3ccccc3o2)cc1. The molecule has 0 bridgehead atoms. The molecule has 0 unspecified atom stereocenters. The Bertz CT molecular complexity index is 951. The normalized spacial score (nSPS) is 10.5. The highest BCUT2D eigenvalue weighted by atomic mass is 16.5. The summed E-state index contributed by atoms with van der Waals surface area (Å²) in [7, 11) is 0. The average Bonchev–Trinajstić information content (AvgIpc) is 2.55. The van der Waals surface area contributed by atoms with Crippen LogP contribution in [0.2, 0.25) is 0 Å². The van der Waals surface area contributed by atoms with Gasteiger partial charge in [0.1, 0.15) is 11.3 Å². The monoisotopic (exact) mass is 308 g/mol. The fourth-order valence-electron chi connectivity index (χ4n) is 2.12. The molecule has 3 rings (SSSR count). The fraction of sp³-hybridized carbons (Fsp3) is 0.0556. The summed E-state index contributed by atoms with van der Waals surface area (Å²) in [5.41, 5.74) is 0.520. The molecular formula is C18H12O5. The molecule has 5 heteroatoms. The molecule has 0 amide bonds. The van der Waals surface area contributed by atoms with E-state index >= 15 is 0 Å². The summed E-state index contributed by atoms with van der Waals surface area (Å²) >= 11 is 0. The number of hydrogen-bond donors (Lipinski definition) is 0. The van der Waals surface area contributed by atoms with Gasteiger partial charge in [-0.15, -0.1) is 0 Å². The number of Topliss-reactive ketones (excluding diaryl/α,β-unsaturated/α-hetero) is 1. The zero-order chi connectivity index (χ0) is 16.4. The van der Waals surface area contributed by atoms with E-state index in [-0.39, 0.29) is 22.7 Å². The molecule has 0 N–H and O–H groups in total. The van der Waals surface area contributed by atoms with Gasteiger partial charge in [-0.3, -0.25) is 9.59 Å². The number of ether oxygens (including phenoxy) is 1. The minimum absolute atomic E-state index is 0.0802. The van der Waals surface area contributed by atoms with E-state index in [1.807, 2.05) is 0 Å². The van der Waals surface area contributed by atoms with E-state index in [0.717, 1.165) is 6.07 Å². The predicted octanol–water partition coefficient (Wildman–Crippen LogP) is 3.21. The van der Waals surface area contributed by atoms with Gasteiger partial charge in [-0.1, -0.05) is 12.1 Å². The van der Waals surface area contributed by atoms with Crippen LogP contribution in [0.4, 0.5) is 0 Å². The van der Waals surface area contributed by atoms with Crippen molar-refractivity contribution >= 4 is 22.7 Å². The van der Waals surface area contributed by atoms with Gasteiger partial charge in [0, 0.05) is 11.6 Å². The number of carbonyl (C=O) groups excluding carboxylic acids is 2. The second kappa shape index (κ2) is 5.88. The van der Waals surface area contributed by atoms with E-state index in [4.69, 9.17) is 9.15 Å². The van der Waals surface area contributed by atoms with Crippen LogP contribution >= 0.6 is 0 Å². The number of benzene rings is 2. The first-order valence-corrected chi connectivity index (χ1v) is 6.90. The van der Waals surface area contributed by atoms with Crippen molar-refractivity contribution in [1.29, 1.82) is 0 Å². The number of para-hydroxylation sites is 1. The fourth-order valence-corrected chi connectivity index (χ4v) is 2.12. The molecule has 5 nitrogen and oxygen atoms in total. The average molecular weight is 308 g/mol. The molecule has 0 aliphatic heterocycles. The Hall–Kier alpha value is -3.21. The van der Waals surface area contributed by atoms with Crippen molar-refractivity contribution in [3.05, 3.63) is 76.1 Å². The van der Waals surface area contributed by atoms with E-state index in [2.05, 4.69) is 0 Å². The molecule has 3 aromatic rings. The van der Waals surface area contributed by atoms with E-state index in [9.17, 15) is 14.4 Å². The minimum atomic E-state index is -0.775. The molecule has 114 valence electrons. The molecule has 0 spiro atoms. The van der Waals surface area contributed by atoms with Gasteiger partial charge in [0.25, 0.3) is 0 Å². The topological polar surface area (TPSA) is 73.6 Å². The van der Waals surface area contributed by atoms with E-state index in [0.29, 0.717) is 16.5 Å². The Kier molecular flexibility index (Phi) is 3.76. The zero-order valence-corrected chi connectivity index (χ0v) is 12.2. The van der Waals surface area contributed by atoms with Crippen LogP contribution in [-0.4, -0.2) is 11.8 Å². The maximum absolute atomic E-state index is 12.1. The van der Waals surface area contributed by atoms with E-state index in [1.54, 1.807) is 36.4 Å². The molecule has 0 atom stereocenters. The van der Waals surface area contributed by atoms with Gasteiger partial charge in [0.2, 0.25) is 5.76 Å². The van der Waals surface area contributed by atoms with E-state index in [1.165, 1.54) is 19.1 Å². The molecule has 0 aliphatic rings. The molecule has 0 saturated carbocycles. The second-order valence-electron chi connectivity index (χ2n) is 4.94. The molecule has 0 saturated heterocycles. The van der Waals surface area contributed by atoms with Gasteiger partial charge in [-0.2, -0.15) is 0 Å². The zero-order valence-electron chi connectivity index (χ0n) is 12.2. The third-order valence-electron chi connectivity index (χ3n) is 3.31. The molecule has 1 aromatic heterocycles. The van der Waals surface area contributed by atoms with Crippen molar-refractivity contribution in [3.63, 3.8) is 0 Å². The molecule has 23 heavy (non-hydrogen) atoms. The molecule has 0 aliphatic carbocycles. The van der Waals surface area contributed by atoms with Gasteiger partial charge in [-0.25, -0.2) is 4.79 Å². The highest BCUT2D eigenvalue weighted by molar-refractivity contribution is 5.94. The summed E-state index contributed by atoms with van der Waals surface area (Å²) < 4.78 is 10.6. The van der Waals surface area contributed by atoms with Gasteiger partial charge >= 0.3 is 5.97 Å². The number of rotatable bonds is 3. The Morgan fingerprint density at radius 1 is 1.00 bits per heavy atom. The highest BCUT2D eigenvalue weighted by Crippen LogP contribution is 2.16. The third kappa shape index (κ3) is 3.03. The van der Waals surface area contributed by atoms with Crippen LogP contribution in [-0.2, 0) is 0 Å². The van der Waals surface area contributed by atoms with Gasteiger partial charge in [-0.05, 0) is 43.3 Å². The first-order chi connectivity index (χ1) is 11.0. The van der Waals surface area contributed by atoms with Crippen molar-refractivity contribution in [1.82, 2.24) is 0 Å². The first-order valence-electron chi connectivity index (χ1n) is 6.90.